The van der Waals surface area contributed by atoms with Gasteiger partial charge in [0.05, 0.1) is 13.0 Å². The second-order valence-electron chi connectivity index (χ2n) is 8.04. The Morgan fingerprint density at radius 2 is 1.82 bits per heavy atom. The fraction of sp³-hybridized carbons (Fsp3) is 0.423. The van der Waals surface area contributed by atoms with Crippen molar-refractivity contribution in [1.82, 2.24) is 4.90 Å². The van der Waals surface area contributed by atoms with Crippen molar-refractivity contribution in [2.24, 2.45) is 0 Å². The maximum Gasteiger partial charge on any atom is 0.307 e. The number of amidine groups is 1. The van der Waals surface area contributed by atoms with Crippen molar-refractivity contribution in [3.8, 4) is 16.9 Å². The molecule has 2 aromatic carbocycles. The van der Waals surface area contributed by atoms with Gasteiger partial charge in [0.25, 0.3) is 0 Å². The van der Waals surface area contributed by atoms with Crippen LogP contribution in [0.3, 0.4) is 0 Å². The number of benzene rings is 2. The first-order chi connectivity index (χ1) is 15.6. The normalized spacial score (nSPS) is 12.6. The number of nitrogens with one attached hydrogen (secondary N) is 1. The lowest BCUT2D eigenvalue weighted by Crippen LogP contribution is -2.36. The van der Waals surface area contributed by atoms with E-state index in [4.69, 9.17) is 10.1 Å². The molecule has 2 N–H and O–H groups in total. The van der Waals surface area contributed by atoms with E-state index >= 15 is 4.39 Å². The number of aliphatic carboxylic acids is 1. The minimum Gasteiger partial charge on any atom is -0.494 e. The second kappa shape index (κ2) is 11.6. The molecule has 33 heavy (non-hydrogen) atoms. The monoisotopic (exact) mass is 456 g/mol. The molecule has 0 aliphatic carbocycles. The molecule has 0 spiro atoms. The van der Waals surface area contributed by atoms with Gasteiger partial charge in [-0.05, 0) is 62.1 Å². The van der Waals surface area contributed by atoms with Crippen LogP contribution in [0.25, 0.3) is 11.1 Å². The Bertz CT molecular complexity index is 1000. The molecule has 0 aromatic heterocycles. The van der Waals surface area contributed by atoms with Crippen molar-refractivity contribution >= 4 is 17.7 Å². The molecule has 2 aromatic rings. The van der Waals surface area contributed by atoms with Gasteiger partial charge in [0, 0.05) is 24.9 Å². The van der Waals surface area contributed by atoms with Crippen molar-refractivity contribution in [3.05, 3.63) is 53.6 Å². The van der Waals surface area contributed by atoms with Crippen LogP contribution in [0.2, 0.25) is 0 Å². The van der Waals surface area contributed by atoms with Crippen LogP contribution in [-0.2, 0) is 21.7 Å². The fourth-order valence-corrected chi connectivity index (χ4v) is 3.72. The van der Waals surface area contributed by atoms with E-state index in [1.807, 2.05) is 19.1 Å². The Morgan fingerprint density at radius 1 is 1.12 bits per heavy atom. The van der Waals surface area contributed by atoms with E-state index in [1.165, 1.54) is 11.8 Å². The van der Waals surface area contributed by atoms with Crippen LogP contribution in [0.1, 0.15) is 58.1 Å². The maximum atomic E-state index is 15.6. The number of hydrogen-bond donors (Lipinski definition) is 2. The smallest absolute Gasteiger partial charge is 0.307 e. The minimum atomic E-state index is -1.70. The molecule has 0 aliphatic heterocycles. The van der Waals surface area contributed by atoms with E-state index in [0.717, 1.165) is 11.1 Å². The predicted octanol–water partition coefficient (Wildman–Crippen LogP) is 5.58. The van der Waals surface area contributed by atoms with Crippen molar-refractivity contribution < 1.29 is 23.8 Å². The zero-order valence-corrected chi connectivity index (χ0v) is 19.8. The number of amides is 1. The Kier molecular flexibility index (Phi) is 9.14. The van der Waals surface area contributed by atoms with Crippen LogP contribution in [0.15, 0.2) is 42.5 Å². The average Bonchev–Trinajstić information content (AvgIpc) is 2.79. The number of halogens is 1. The van der Waals surface area contributed by atoms with Gasteiger partial charge in [0.1, 0.15) is 17.3 Å². The molecule has 0 heterocycles. The van der Waals surface area contributed by atoms with E-state index in [9.17, 15) is 14.7 Å². The molecule has 0 saturated heterocycles. The summed E-state index contributed by atoms with van der Waals surface area (Å²) >= 11 is 0. The summed E-state index contributed by atoms with van der Waals surface area (Å²) in [6.45, 7) is 7.67. The second-order valence-corrected chi connectivity index (χ2v) is 8.04. The number of carbonyl (C=O) groups is 2. The lowest BCUT2D eigenvalue weighted by Gasteiger charge is -2.25. The number of carbonyl (C=O) groups excluding carboxylic acids is 1. The third-order valence-corrected chi connectivity index (χ3v) is 5.58. The van der Waals surface area contributed by atoms with Gasteiger partial charge in [-0.3, -0.25) is 15.0 Å². The Morgan fingerprint density at radius 3 is 2.42 bits per heavy atom. The largest absolute Gasteiger partial charge is 0.494 e. The number of rotatable bonds is 11. The van der Waals surface area contributed by atoms with Gasteiger partial charge in [0.15, 0.2) is 0 Å². The molecule has 1 atom stereocenters. The van der Waals surface area contributed by atoms with E-state index in [2.05, 4.69) is 0 Å². The molecule has 0 saturated carbocycles. The van der Waals surface area contributed by atoms with Gasteiger partial charge in [-0.15, -0.1) is 0 Å². The molecule has 1 unspecified atom stereocenters. The summed E-state index contributed by atoms with van der Waals surface area (Å²) in [5.74, 6) is -0.453. The van der Waals surface area contributed by atoms with Crippen LogP contribution in [0, 0.1) is 5.41 Å². The van der Waals surface area contributed by atoms with Crippen molar-refractivity contribution in [3.63, 3.8) is 0 Å². The Labute approximate surface area is 194 Å². The van der Waals surface area contributed by atoms with Crippen LogP contribution >= 0.6 is 0 Å². The summed E-state index contributed by atoms with van der Waals surface area (Å²) in [5, 5.41) is 17.4. The molecule has 0 bridgehead atoms. The number of alkyl halides is 1. The lowest BCUT2D eigenvalue weighted by atomic mass is 9.89. The summed E-state index contributed by atoms with van der Waals surface area (Å²) < 4.78 is 21.2. The third kappa shape index (κ3) is 6.88. The Balaban J connectivity index is 2.26. The zero-order chi connectivity index (χ0) is 24.6. The van der Waals surface area contributed by atoms with Crippen molar-refractivity contribution in [1.29, 1.82) is 5.41 Å². The number of carboxylic acid groups (broad SMARTS) is 1. The van der Waals surface area contributed by atoms with E-state index in [0.29, 0.717) is 36.4 Å². The molecule has 1 amide bonds. The summed E-state index contributed by atoms with van der Waals surface area (Å²) in [6.07, 6.45) is 0.340. The standard InChI is InChI=1S/C26H33FN2O4/c1-5-24(30)29(6-2)23(28)13-14-26(4,27)21-10-8-9-18(16-21)19-11-12-22(33-7-3)20(15-19)17-25(31)32/h8-12,15-16,28H,5-7,13-14,17H2,1-4H3,(H,31,32). The maximum absolute atomic E-state index is 15.6. The van der Waals surface area contributed by atoms with Gasteiger partial charge in [0.2, 0.25) is 5.91 Å². The first-order valence-electron chi connectivity index (χ1n) is 11.3. The molecule has 0 radical (unpaired) electrons. The van der Waals surface area contributed by atoms with Crippen LogP contribution < -0.4 is 4.74 Å². The molecule has 0 fully saturated rings. The van der Waals surface area contributed by atoms with E-state index < -0.39 is 11.6 Å². The van der Waals surface area contributed by atoms with Crippen LogP contribution in [0.5, 0.6) is 5.75 Å². The minimum absolute atomic E-state index is 0.0658. The Hall–Kier alpha value is -3.22. The van der Waals surface area contributed by atoms with E-state index in [1.54, 1.807) is 44.2 Å². The van der Waals surface area contributed by atoms with Crippen LogP contribution in [-0.4, -0.2) is 40.9 Å². The summed E-state index contributed by atoms with van der Waals surface area (Å²) in [4.78, 5) is 24.6. The highest BCUT2D eigenvalue weighted by Crippen LogP contribution is 2.35. The van der Waals surface area contributed by atoms with Gasteiger partial charge in [-0.25, -0.2) is 4.39 Å². The van der Waals surface area contributed by atoms with Gasteiger partial charge in [-0.1, -0.05) is 31.2 Å². The molecular weight excluding hydrogens is 423 g/mol. The zero-order valence-electron chi connectivity index (χ0n) is 19.8. The number of hydrogen-bond acceptors (Lipinski definition) is 4. The summed E-state index contributed by atoms with van der Waals surface area (Å²) in [7, 11) is 0. The highest BCUT2D eigenvalue weighted by Gasteiger charge is 2.28. The van der Waals surface area contributed by atoms with Gasteiger partial charge < -0.3 is 14.7 Å². The molecular formula is C26H33FN2O4. The van der Waals surface area contributed by atoms with Gasteiger partial charge >= 0.3 is 5.97 Å². The molecule has 7 heteroatoms. The third-order valence-electron chi connectivity index (χ3n) is 5.58. The highest BCUT2D eigenvalue weighted by atomic mass is 19.1. The first kappa shape index (κ1) is 26.0. The van der Waals surface area contributed by atoms with E-state index in [-0.39, 0.29) is 31.0 Å². The number of carboxylic acids is 1. The SMILES string of the molecule is CCOc1ccc(-c2cccc(C(C)(F)CCC(=N)N(CC)C(=O)CC)c2)cc1CC(=O)O. The highest BCUT2D eigenvalue weighted by molar-refractivity contribution is 5.96. The quantitative estimate of drug-likeness (QED) is 0.341. The van der Waals surface area contributed by atoms with Crippen molar-refractivity contribution in [2.45, 2.75) is 59.0 Å². The van der Waals surface area contributed by atoms with Crippen molar-refractivity contribution in [2.75, 3.05) is 13.2 Å². The fourth-order valence-electron chi connectivity index (χ4n) is 3.72. The summed E-state index contributed by atoms with van der Waals surface area (Å²) in [6, 6.07) is 12.4. The lowest BCUT2D eigenvalue weighted by molar-refractivity contribution is -0.136. The van der Waals surface area contributed by atoms with Crippen LogP contribution in [0.4, 0.5) is 4.39 Å². The predicted molar refractivity (Wildman–Crippen MR) is 127 cm³/mol. The van der Waals surface area contributed by atoms with Gasteiger partial charge in [-0.2, -0.15) is 0 Å². The molecule has 2 rings (SSSR count). The summed E-state index contributed by atoms with van der Waals surface area (Å²) in [5.41, 5.74) is 0.852. The molecule has 6 nitrogen and oxygen atoms in total. The topological polar surface area (TPSA) is 90.7 Å². The molecule has 178 valence electrons. The molecule has 0 aliphatic rings. The number of nitrogens with zero attached hydrogens (tertiary/aromatic N) is 1. The number of ether oxygens (including phenoxy) is 1. The average molecular weight is 457 g/mol. The first-order valence-corrected chi connectivity index (χ1v) is 11.3.